The molecule has 0 atom stereocenters. The van der Waals surface area contributed by atoms with Crippen LogP contribution < -0.4 is 15.8 Å². The van der Waals surface area contributed by atoms with E-state index in [-0.39, 0.29) is 9.92 Å². The standard InChI is InChI=1S/C25H28ClN7O2S/c1-2-16-11-21(12-17-13-28-25(31-24(16)17)30-19-9-7-18(27)8-10-19)33-15-20(14-29-33)32-36(34,35)23-6-4-3-5-22(23)26/h3-6,11-15,18-19,32H,2,7-10,27H2,1H3,(H,28,30,31)/t18-,19-. The molecule has 0 radical (unpaired) electrons. The van der Waals surface area contributed by atoms with Crippen molar-refractivity contribution < 1.29 is 8.42 Å². The zero-order valence-corrected chi connectivity index (χ0v) is 21.4. The number of hydrogen-bond acceptors (Lipinski definition) is 7. The fourth-order valence-corrected chi connectivity index (χ4v) is 6.06. The van der Waals surface area contributed by atoms with Gasteiger partial charge in [-0.1, -0.05) is 30.7 Å². The van der Waals surface area contributed by atoms with Gasteiger partial charge in [0.15, 0.2) is 0 Å². The number of hydrogen-bond donors (Lipinski definition) is 3. The fraction of sp³-hybridized carbons (Fsp3) is 0.320. The van der Waals surface area contributed by atoms with Gasteiger partial charge in [0.1, 0.15) is 4.90 Å². The molecular weight excluding hydrogens is 498 g/mol. The normalized spacial score (nSPS) is 18.3. The number of nitrogens with two attached hydrogens (primary N) is 1. The summed E-state index contributed by atoms with van der Waals surface area (Å²) in [7, 11) is -3.85. The number of halogens is 1. The van der Waals surface area contributed by atoms with Crippen molar-refractivity contribution in [2.24, 2.45) is 5.73 Å². The van der Waals surface area contributed by atoms with Crippen molar-refractivity contribution in [1.82, 2.24) is 19.7 Å². The van der Waals surface area contributed by atoms with Crippen LogP contribution in [0, 0.1) is 0 Å². The van der Waals surface area contributed by atoms with Crippen LogP contribution in [0.5, 0.6) is 0 Å². The molecule has 1 fully saturated rings. The number of fused-ring (bicyclic) bond motifs is 1. The molecule has 11 heteroatoms. The largest absolute Gasteiger partial charge is 0.351 e. The van der Waals surface area contributed by atoms with Crippen LogP contribution in [-0.4, -0.2) is 40.2 Å². The van der Waals surface area contributed by atoms with Crippen molar-refractivity contribution in [1.29, 1.82) is 0 Å². The Morgan fingerprint density at radius 1 is 1.14 bits per heavy atom. The quantitative estimate of drug-likeness (QED) is 0.323. The van der Waals surface area contributed by atoms with Crippen LogP contribution in [0.3, 0.4) is 0 Å². The van der Waals surface area contributed by atoms with Crippen LogP contribution in [0.1, 0.15) is 38.2 Å². The van der Waals surface area contributed by atoms with E-state index >= 15 is 0 Å². The number of aromatic nitrogens is 4. The third-order valence-corrected chi connectivity index (χ3v) is 8.34. The average molecular weight is 526 g/mol. The summed E-state index contributed by atoms with van der Waals surface area (Å²) in [5, 5.41) is 8.86. The van der Waals surface area contributed by atoms with E-state index in [9.17, 15) is 8.42 Å². The van der Waals surface area contributed by atoms with E-state index in [1.807, 2.05) is 18.3 Å². The van der Waals surface area contributed by atoms with Gasteiger partial charge in [0.25, 0.3) is 10.0 Å². The summed E-state index contributed by atoms with van der Waals surface area (Å²) in [6.07, 6.45) is 9.72. The van der Waals surface area contributed by atoms with Gasteiger partial charge >= 0.3 is 0 Å². The van der Waals surface area contributed by atoms with E-state index in [1.165, 1.54) is 18.3 Å². The van der Waals surface area contributed by atoms with E-state index in [4.69, 9.17) is 22.3 Å². The van der Waals surface area contributed by atoms with Gasteiger partial charge in [0.05, 0.1) is 34.3 Å². The van der Waals surface area contributed by atoms with Crippen molar-refractivity contribution in [2.75, 3.05) is 10.0 Å². The Hall–Kier alpha value is -3.21. The molecule has 2 heterocycles. The first kappa shape index (κ1) is 24.5. The average Bonchev–Trinajstić information content (AvgIpc) is 3.32. The van der Waals surface area contributed by atoms with E-state index in [0.29, 0.717) is 23.7 Å². The molecule has 4 N–H and O–H groups in total. The number of anilines is 2. The summed E-state index contributed by atoms with van der Waals surface area (Å²) in [5.41, 5.74) is 9.07. The van der Waals surface area contributed by atoms with E-state index in [0.717, 1.165) is 54.3 Å². The van der Waals surface area contributed by atoms with Gasteiger partial charge in [-0.3, -0.25) is 4.72 Å². The lowest BCUT2D eigenvalue weighted by molar-refractivity contribution is 0.410. The van der Waals surface area contributed by atoms with Gasteiger partial charge < -0.3 is 11.1 Å². The predicted molar refractivity (Wildman–Crippen MR) is 142 cm³/mol. The van der Waals surface area contributed by atoms with Crippen molar-refractivity contribution in [3.05, 3.63) is 65.6 Å². The summed E-state index contributed by atoms with van der Waals surface area (Å²) < 4.78 is 29.7. The van der Waals surface area contributed by atoms with E-state index in [1.54, 1.807) is 23.0 Å². The number of rotatable bonds is 7. The maximum Gasteiger partial charge on any atom is 0.263 e. The number of benzene rings is 2. The molecule has 1 aliphatic carbocycles. The zero-order valence-electron chi connectivity index (χ0n) is 19.9. The highest BCUT2D eigenvalue weighted by Crippen LogP contribution is 2.27. The Morgan fingerprint density at radius 2 is 1.92 bits per heavy atom. The molecule has 9 nitrogen and oxygen atoms in total. The van der Waals surface area contributed by atoms with Crippen molar-refractivity contribution in [3.8, 4) is 5.69 Å². The van der Waals surface area contributed by atoms with Gasteiger partial charge in [-0.15, -0.1) is 0 Å². The first-order valence-electron chi connectivity index (χ1n) is 12.0. The lowest BCUT2D eigenvalue weighted by Crippen LogP contribution is -2.33. The molecule has 5 rings (SSSR count). The minimum Gasteiger partial charge on any atom is -0.351 e. The van der Waals surface area contributed by atoms with Crippen molar-refractivity contribution >= 4 is 44.2 Å². The molecular formula is C25H28ClN7O2S. The zero-order chi connectivity index (χ0) is 25.3. The number of nitrogens with one attached hydrogen (secondary N) is 2. The summed E-state index contributed by atoms with van der Waals surface area (Å²) in [5.74, 6) is 0.626. The third kappa shape index (κ3) is 5.16. The maximum atomic E-state index is 12.8. The second-order valence-electron chi connectivity index (χ2n) is 9.06. The summed E-state index contributed by atoms with van der Waals surface area (Å²) in [6.45, 7) is 2.07. The lowest BCUT2D eigenvalue weighted by Gasteiger charge is -2.26. The molecule has 0 bridgehead atoms. The Bertz CT molecular complexity index is 1500. The minimum atomic E-state index is -3.85. The molecule has 188 valence electrons. The van der Waals surface area contributed by atoms with Crippen LogP contribution in [0.15, 0.2) is 59.9 Å². The Morgan fingerprint density at radius 3 is 2.67 bits per heavy atom. The van der Waals surface area contributed by atoms with Crippen LogP contribution in [0.4, 0.5) is 11.6 Å². The molecule has 0 saturated heterocycles. The van der Waals surface area contributed by atoms with E-state index < -0.39 is 10.0 Å². The number of nitrogens with zero attached hydrogens (tertiary/aromatic N) is 4. The second kappa shape index (κ2) is 10.0. The molecule has 1 saturated carbocycles. The molecule has 1 aliphatic rings. The van der Waals surface area contributed by atoms with Crippen LogP contribution in [-0.2, 0) is 16.4 Å². The van der Waals surface area contributed by atoms with E-state index in [2.05, 4.69) is 27.0 Å². The highest BCUT2D eigenvalue weighted by Gasteiger charge is 2.20. The third-order valence-electron chi connectivity index (χ3n) is 6.46. The molecule has 0 amide bonds. The summed E-state index contributed by atoms with van der Waals surface area (Å²) in [6, 6.07) is 10.9. The summed E-state index contributed by atoms with van der Waals surface area (Å²) in [4.78, 5) is 9.35. The fourth-order valence-electron chi connectivity index (χ4n) is 4.51. The molecule has 4 aromatic rings. The molecule has 0 aliphatic heterocycles. The van der Waals surface area contributed by atoms with Crippen LogP contribution in [0.2, 0.25) is 5.02 Å². The highest BCUT2D eigenvalue weighted by molar-refractivity contribution is 7.92. The molecule has 0 unspecified atom stereocenters. The van der Waals surface area contributed by atoms with Crippen LogP contribution in [0.25, 0.3) is 16.6 Å². The molecule has 0 spiro atoms. The van der Waals surface area contributed by atoms with Gasteiger partial charge in [-0.25, -0.2) is 23.1 Å². The Balaban J connectivity index is 1.39. The first-order valence-corrected chi connectivity index (χ1v) is 13.8. The molecule has 2 aromatic carbocycles. The topological polar surface area (TPSA) is 128 Å². The number of aryl methyl sites for hydroxylation is 1. The lowest BCUT2D eigenvalue weighted by atomic mass is 9.92. The first-order chi connectivity index (χ1) is 17.3. The Kier molecular flexibility index (Phi) is 6.83. The smallest absolute Gasteiger partial charge is 0.263 e. The van der Waals surface area contributed by atoms with Gasteiger partial charge in [0, 0.05) is 23.7 Å². The SMILES string of the molecule is CCc1cc(-n2cc(NS(=O)(=O)c3ccccc3Cl)cn2)cc2cnc(N[C@H]3CC[C@H](N)CC3)nc12. The van der Waals surface area contributed by atoms with Gasteiger partial charge in [0.2, 0.25) is 5.95 Å². The van der Waals surface area contributed by atoms with Crippen LogP contribution >= 0.6 is 11.6 Å². The summed E-state index contributed by atoms with van der Waals surface area (Å²) >= 11 is 6.07. The van der Waals surface area contributed by atoms with Crippen molar-refractivity contribution in [2.45, 2.75) is 56.0 Å². The molecule has 2 aromatic heterocycles. The Labute approximate surface area is 215 Å². The molecule has 36 heavy (non-hydrogen) atoms. The monoisotopic (exact) mass is 525 g/mol. The highest BCUT2D eigenvalue weighted by atomic mass is 35.5. The van der Waals surface area contributed by atoms with Crippen molar-refractivity contribution in [3.63, 3.8) is 0 Å². The second-order valence-corrected chi connectivity index (χ2v) is 11.1. The maximum absolute atomic E-state index is 12.8. The predicted octanol–water partition coefficient (Wildman–Crippen LogP) is 4.51. The number of sulfonamides is 1. The van der Waals surface area contributed by atoms with Gasteiger partial charge in [-0.05, 0) is 61.9 Å². The van der Waals surface area contributed by atoms with Gasteiger partial charge in [-0.2, -0.15) is 5.10 Å². The minimum absolute atomic E-state index is 0.0102.